The number of nitriles is 1. The van der Waals surface area contributed by atoms with Gasteiger partial charge in [0.25, 0.3) is 0 Å². The first-order chi connectivity index (χ1) is 16.1. The highest BCUT2D eigenvalue weighted by atomic mass is 32.2. The maximum Gasteiger partial charge on any atom is 0.165 e. The molecular formula is C24H23FN6O2S. The summed E-state index contributed by atoms with van der Waals surface area (Å²) in [7, 11) is -3.68. The summed E-state index contributed by atoms with van der Waals surface area (Å²) < 4.78 is 40.5. The first kappa shape index (κ1) is 22.2. The van der Waals surface area contributed by atoms with E-state index in [4.69, 9.17) is 11.0 Å². The van der Waals surface area contributed by atoms with E-state index in [1.807, 2.05) is 0 Å². The summed E-state index contributed by atoms with van der Waals surface area (Å²) in [6.45, 7) is 3.22. The number of pyridine rings is 2. The highest BCUT2D eigenvalue weighted by molar-refractivity contribution is 7.93. The van der Waals surface area contributed by atoms with Crippen molar-refractivity contribution in [2.45, 2.75) is 37.0 Å². The molecule has 2 aromatic heterocycles. The van der Waals surface area contributed by atoms with Crippen molar-refractivity contribution in [3.63, 3.8) is 0 Å². The smallest absolute Gasteiger partial charge is 0.165 e. The second kappa shape index (κ2) is 7.46. The van der Waals surface area contributed by atoms with Crippen molar-refractivity contribution in [1.29, 1.82) is 5.26 Å². The van der Waals surface area contributed by atoms with E-state index in [1.54, 1.807) is 32.2 Å². The number of nitrogens with one attached hydrogen (secondary N) is 1. The maximum absolute atomic E-state index is 15.0. The number of hydrogen-bond donors (Lipinski definition) is 2. The average Bonchev–Trinajstić information content (AvgIpc) is 3.64. The summed E-state index contributed by atoms with van der Waals surface area (Å²) in [5.74, 6) is -0.494. The van der Waals surface area contributed by atoms with Gasteiger partial charge in [-0.1, -0.05) is 0 Å². The van der Waals surface area contributed by atoms with Crippen LogP contribution < -0.4 is 11.1 Å². The zero-order chi connectivity index (χ0) is 24.3. The molecule has 1 aliphatic carbocycles. The van der Waals surface area contributed by atoms with Gasteiger partial charge in [-0.15, -0.1) is 0 Å². The fourth-order valence-electron chi connectivity index (χ4n) is 4.69. The molecule has 1 fully saturated rings. The van der Waals surface area contributed by atoms with Crippen molar-refractivity contribution in [3.8, 4) is 6.07 Å². The standard InChI is InChI=1S/C24H23FN6O2S/c1-23(13-34(32,33)24(2,16-3-4-16)22(27)31-23)18-10-17(5-6-19(18)25)30-21-20-15(7-8-28-21)9-14(11-26)12-29-20/h5-10,12,16H,3-4,13H2,1-2H3,(H2,27,31)(H,28,30)/t23-,24-/m0/s1. The van der Waals surface area contributed by atoms with Gasteiger partial charge in [0.05, 0.1) is 11.3 Å². The molecule has 174 valence electrons. The Hall–Kier alpha value is -3.58. The minimum Gasteiger partial charge on any atom is -0.386 e. The van der Waals surface area contributed by atoms with Crippen LogP contribution in [0.15, 0.2) is 47.7 Å². The highest BCUT2D eigenvalue weighted by Crippen LogP contribution is 2.49. The second-order valence-electron chi connectivity index (χ2n) is 9.30. The van der Waals surface area contributed by atoms with Crippen molar-refractivity contribution in [3.05, 3.63) is 59.7 Å². The third-order valence-corrected chi connectivity index (χ3v) is 9.66. The number of fused-ring (bicyclic) bond motifs is 1. The molecule has 1 saturated carbocycles. The van der Waals surface area contributed by atoms with Gasteiger partial charge in [-0.25, -0.2) is 17.8 Å². The number of nitrogens with zero attached hydrogens (tertiary/aromatic N) is 4. The van der Waals surface area contributed by atoms with Crippen molar-refractivity contribution in [2.75, 3.05) is 11.1 Å². The number of aromatic nitrogens is 2. The average molecular weight is 479 g/mol. The molecule has 0 unspecified atom stereocenters. The van der Waals surface area contributed by atoms with Crippen molar-refractivity contribution < 1.29 is 12.8 Å². The molecule has 1 aliphatic heterocycles. The van der Waals surface area contributed by atoms with E-state index in [0.29, 0.717) is 22.6 Å². The molecule has 10 heteroatoms. The van der Waals surface area contributed by atoms with Gasteiger partial charge in [0, 0.05) is 29.0 Å². The lowest BCUT2D eigenvalue weighted by molar-refractivity contribution is 0.463. The van der Waals surface area contributed by atoms with E-state index in [1.165, 1.54) is 24.4 Å². The summed E-state index contributed by atoms with van der Waals surface area (Å²) in [5.41, 5.74) is 6.45. The molecule has 34 heavy (non-hydrogen) atoms. The Balaban J connectivity index is 1.55. The van der Waals surface area contributed by atoms with Gasteiger partial charge < -0.3 is 11.1 Å². The lowest BCUT2D eigenvalue weighted by atomic mass is 9.92. The first-order valence-electron chi connectivity index (χ1n) is 10.9. The number of amidine groups is 1. The fraction of sp³-hybridized carbons (Fsp3) is 0.333. The predicted molar refractivity (Wildman–Crippen MR) is 128 cm³/mol. The quantitative estimate of drug-likeness (QED) is 0.585. The molecule has 0 radical (unpaired) electrons. The topological polar surface area (TPSA) is 134 Å². The van der Waals surface area contributed by atoms with Crippen LogP contribution in [0.25, 0.3) is 10.9 Å². The number of halogens is 1. The molecule has 1 aromatic carbocycles. The molecule has 0 bridgehead atoms. The molecule has 0 amide bonds. The molecule has 3 N–H and O–H groups in total. The van der Waals surface area contributed by atoms with Crippen LogP contribution in [0.4, 0.5) is 15.9 Å². The zero-order valence-corrected chi connectivity index (χ0v) is 19.5. The third kappa shape index (κ3) is 3.39. The summed E-state index contributed by atoms with van der Waals surface area (Å²) >= 11 is 0. The molecule has 0 spiro atoms. The van der Waals surface area contributed by atoms with E-state index >= 15 is 4.39 Å². The number of nitrogens with two attached hydrogens (primary N) is 1. The summed E-state index contributed by atoms with van der Waals surface area (Å²) in [5, 5.41) is 13.0. The van der Waals surface area contributed by atoms with E-state index in [0.717, 1.165) is 18.2 Å². The lowest BCUT2D eigenvalue weighted by Crippen LogP contribution is -2.58. The van der Waals surface area contributed by atoms with E-state index < -0.39 is 25.9 Å². The maximum atomic E-state index is 15.0. The predicted octanol–water partition coefficient (Wildman–Crippen LogP) is 3.55. The van der Waals surface area contributed by atoms with E-state index in [9.17, 15) is 8.42 Å². The zero-order valence-electron chi connectivity index (χ0n) is 18.7. The van der Waals surface area contributed by atoms with Crippen LogP contribution in [-0.2, 0) is 15.4 Å². The first-order valence-corrected chi connectivity index (χ1v) is 12.5. The van der Waals surface area contributed by atoms with Gasteiger partial charge in [-0.05, 0) is 62.9 Å². The van der Waals surface area contributed by atoms with Crippen molar-refractivity contribution >= 4 is 38.1 Å². The Kier molecular flexibility index (Phi) is 4.88. The fourth-order valence-corrected chi connectivity index (χ4v) is 7.06. The van der Waals surface area contributed by atoms with E-state index in [2.05, 4.69) is 26.3 Å². The molecular weight excluding hydrogens is 455 g/mol. The normalized spacial score (nSPS) is 26.0. The van der Waals surface area contributed by atoms with E-state index in [-0.39, 0.29) is 23.1 Å². The highest BCUT2D eigenvalue weighted by Gasteiger charge is 2.58. The Morgan fingerprint density at radius 3 is 2.65 bits per heavy atom. The number of anilines is 2. The van der Waals surface area contributed by atoms with Crippen LogP contribution in [0.1, 0.15) is 37.8 Å². The number of benzene rings is 1. The van der Waals surface area contributed by atoms with Crippen LogP contribution in [-0.4, -0.2) is 34.7 Å². The number of rotatable bonds is 4. The minimum absolute atomic E-state index is 0.0368. The van der Waals surface area contributed by atoms with Crippen molar-refractivity contribution in [1.82, 2.24) is 9.97 Å². The lowest BCUT2D eigenvalue weighted by Gasteiger charge is -2.40. The minimum atomic E-state index is -3.68. The molecule has 2 atom stereocenters. The van der Waals surface area contributed by atoms with Gasteiger partial charge in [0.15, 0.2) is 15.7 Å². The van der Waals surface area contributed by atoms with Crippen molar-refractivity contribution in [2.24, 2.45) is 16.6 Å². The number of hydrogen-bond acceptors (Lipinski definition) is 8. The summed E-state index contributed by atoms with van der Waals surface area (Å²) in [4.78, 5) is 13.2. The molecule has 0 saturated heterocycles. The SMILES string of the molecule is C[C@@]1(c2cc(Nc3nccc4cc(C#N)cnc34)ccc2F)CS(=O)(=O)[C@@](C)(C2CC2)C(N)=N1. The molecule has 5 rings (SSSR count). The summed E-state index contributed by atoms with van der Waals surface area (Å²) in [6, 6.07) is 9.83. The molecule has 2 aliphatic rings. The third-order valence-electron chi connectivity index (χ3n) is 6.89. The van der Waals surface area contributed by atoms with Crippen LogP contribution in [0, 0.1) is 23.1 Å². The van der Waals surface area contributed by atoms with Gasteiger partial charge in [0.2, 0.25) is 0 Å². The molecule has 8 nitrogen and oxygen atoms in total. The number of sulfone groups is 1. The Morgan fingerprint density at radius 2 is 1.97 bits per heavy atom. The van der Waals surface area contributed by atoms with Crippen LogP contribution >= 0.6 is 0 Å². The summed E-state index contributed by atoms with van der Waals surface area (Å²) in [6.07, 6.45) is 4.61. The second-order valence-corrected chi connectivity index (χ2v) is 11.7. The van der Waals surface area contributed by atoms with Crippen LogP contribution in [0.5, 0.6) is 0 Å². The Bertz CT molecular complexity index is 1510. The van der Waals surface area contributed by atoms with Gasteiger partial charge in [0.1, 0.15) is 33.5 Å². The Morgan fingerprint density at radius 1 is 1.21 bits per heavy atom. The van der Waals surface area contributed by atoms with Gasteiger partial charge in [-0.3, -0.25) is 9.98 Å². The van der Waals surface area contributed by atoms with Crippen LogP contribution in [0.2, 0.25) is 0 Å². The van der Waals surface area contributed by atoms with Gasteiger partial charge in [-0.2, -0.15) is 5.26 Å². The van der Waals surface area contributed by atoms with Gasteiger partial charge >= 0.3 is 0 Å². The molecule has 3 heterocycles. The monoisotopic (exact) mass is 478 g/mol. The largest absolute Gasteiger partial charge is 0.386 e. The Labute approximate surface area is 196 Å². The van der Waals surface area contributed by atoms with Crippen LogP contribution in [0.3, 0.4) is 0 Å². The number of aliphatic imine (C=N–C) groups is 1. The molecule has 3 aromatic rings.